The van der Waals surface area contributed by atoms with Crippen molar-refractivity contribution in [3.8, 4) is 0 Å². The Hall–Kier alpha value is -2.67. The van der Waals surface area contributed by atoms with Gasteiger partial charge >= 0.3 is 6.03 Å². The van der Waals surface area contributed by atoms with Crippen LogP contribution in [0.5, 0.6) is 0 Å². The Bertz CT molecular complexity index is 802. The Labute approximate surface area is 165 Å². The maximum Gasteiger partial charge on any atom is 0.321 e. The van der Waals surface area contributed by atoms with Gasteiger partial charge in [0.25, 0.3) is 0 Å². The van der Waals surface area contributed by atoms with E-state index in [9.17, 15) is 9.18 Å². The maximum absolute atomic E-state index is 14.4. The van der Waals surface area contributed by atoms with Crippen molar-refractivity contribution < 1.29 is 9.18 Å². The van der Waals surface area contributed by atoms with Gasteiger partial charge in [0.1, 0.15) is 5.82 Å². The number of rotatable bonds is 4. The molecule has 2 amide bonds. The number of hydrogen-bond donors (Lipinski definition) is 1. The van der Waals surface area contributed by atoms with Crippen molar-refractivity contribution in [1.29, 1.82) is 0 Å². The molecule has 2 saturated heterocycles. The average molecular weight is 383 g/mol. The summed E-state index contributed by atoms with van der Waals surface area (Å²) < 4.78 is 14.4. The number of carbonyl (C=O) groups is 1. The lowest BCUT2D eigenvalue weighted by molar-refractivity contribution is 0.143. The number of nitrogens with one attached hydrogen (secondary N) is 1. The van der Waals surface area contributed by atoms with E-state index in [4.69, 9.17) is 0 Å². The molecule has 0 atom stereocenters. The summed E-state index contributed by atoms with van der Waals surface area (Å²) in [6.07, 6.45) is 5.80. The topological polar surface area (TPSA) is 51.7 Å². The molecule has 0 saturated carbocycles. The Morgan fingerprint density at radius 2 is 1.71 bits per heavy atom. The molecule has 6 nitrogen and oxygen atoms in total. The molecule has 1 N–H and O–H groups in total. The highest BCUT2D eigenvalue weighted by molar-refractivity contribution is 5.89. The Morgan fingerprint density at radius 3 is 2.39 bits per heavy atom. The first kappa shape index (κ1) is 18.7. The molecule has 0 unspecified atom stereocenters. The van der Waals surface area contributed by atoms with Crippen molar-refractivity contribution in [2.45, 2.75) is 19.4 Å². The fourth-order valence-corrected chi connectivity index (χ4v) is 3.86. The number of aromatic nitrogens is 1. The summed E-state index contributed by atoms with van der Waals surface area (Å²) in [6.45, 7) is 5.60. The van der Waals surface area contributed by atoms with E-state index in [1.807, 2.05) is 12.1 Å². The minimum absolute atomic E-state index is 0.170. The second-order valence-electron chi connectivity index (χ2n) is 7.41. The van der Waals surface area contributed by atoms with E-state index in [0.29, 0.717) is 24.5 Å². The van der Waals surface area contributed by atoms with Crippen molar-refractivity contribution >= 4 is 17.4 Å². The van der Waals surface area contributed by atoms with Crippen LogP contribution < -0.4 is 10.2 Å². The number of piperazine rings is 1. The van der Waals surface area contributed by atoms with E-state index in [1.54, 1.807) is 29.4 Å². The van der Waals surface area contributed by atoms with Gasteiger partial charge in [-0.2, -0.15) is 0 Å². The SMILES string of the molecule is O=C(Nc1ccc(N2CCCC2)c(F)c1)N1CCN(Cc2ccncc2)CC1. The summed E-state index contributed by atoms with van der Waals surface area (Å²) in [5.41, 5.74) is 2.35. The van der Waals surface area contributed by atoms with Gasteiger partial charge in [0.2, 0.25) is 0 Å². The van der Waals surface area contributed by atoms with Crippen LogP contribution >= 0.6 is 0 Å². The van der Waals surface area contributed by atoms with Crippen molar-refractivity contribution in [3.05, 3.63) is 54.1 Å². The molecule has 0 bridgehead atoms. The van der Waals surface area contributed by atoms with Gasteiger partial charge < -0.3 is 15.1 Å². The predicted molar refractivity (Wildman–Crippen MR) is 108 cm³/mol. The molecular weight excluding hydrogens is 357 g/mol. The van der Waals surface area contributed by atoms with E-state index in [0.717, 1.165) is 45.6 Å². The van der Waals surface area contributed by atoms with Gasteiger partial charge in [-0.3, -0.25) is 9.88 Å². The molecule has 2 fully saturated rings. The van der Waals surface area contributed by atoms with Gasteiger partial charge in [-0.05, 0) is 48.7 Å². The molecule has 3 heterocycles. The standard InChI is InChI=1S/C21H26FN5O/c22-19-15-18(3-4-20(19)26-9-1-2-10-26)24-21(28)27-13-11-25(12-14-27)16-17-5-7-23-8-6-17/h3-8,15H,1-2,9-14,16H2,(H,24,28). The normalized spacial score (nSPS) is 17.8. The average Bonchev–Trinajstić information content (AvgIpc) is 3.24. The molecule has 2 aromatic rings. The Balaban J connectivity index is 1.29. The first-order chi connectivity index (χ1) is 13.7. The summed E-state index contributed by atoms with van der Waals surface area (Å²) in [7, 11) is 0. The minimum atomic E-state index is -0.276. The monoisotopic (exact) mass is 383 g/mol. The number of hydrogen-bond acceptors (Lipinski definition) is 4. The Morgan fingerprint density at radius 1 is 1.00 bits per heavy atom. The molecule has 4 rings (SSSR count). The third-order valence-corrected chi connectivity index (χ3v) is 5.46. The number of anilines is 2. The molecule has 0 radical (unpaired) electrons. The molecule has 148 valence electrons. The van der Waals surface area contributed by atoms with E-state index in [-0.39, 0.29) is 11.8 Å². The second-order valence-corrected chi connectivity index (χ2v) is 7.41. The predicted octanol–water partition coefficient (Wildman–Crippen LogP) is 3.17. The van der Waals surface area contributed by atoms with Crippen molar-refractivity contribution in [2.24, 2.45) is 0 Å². The maximum atomic E-state index is 14.4. The highest BCUT2D eigenvalue weighted by Crippen LogP contribution is 2.26. The van der Waals surface area contributed by atoms with Gasteiger partial charge in [0.15, 0.2) is 0 Å². The zero-order chi connectivity index (χ0) is 19.3. The smallest absolute Gasteiger partial charge is 0.321 e. The molecule has 7 heteroatoms. The third kappa shape index (κ3) is 4.42. The number of nitrogens with zero attached hydrogens (tertiary/aromatic N) is 4. The van der Waals surface area contributed by atoms with Crippen molar-refractivity contribution in [2.75, 3.05) is 49.5 Å². The first-order valence-electron chi connectivity index (χ1n) is 9.91. The van der Waals surface area contributed by atoms with Crippen LogP contribution in [0, 0.1) is 5.82 Å². The van der Waals surface area contributed by atoms with Crippen molar-refractivity contribution in [3.63, 3.8) is 0 Å². The summed E-state index contributed by atoms with van der Waals surface area (Å²) in [6, 6.07) is 8.83. The van der Waals surface area contributed by atoms with Crippen LogP contribution in [-0.2, 0) is 6.54 Å². The number of halogens is 1. The summed E-state index contributed by atoms with van der Waals surface area (Å²) >= 11 is 0. The van der Waals surface area contributed by atoms with Crippen LogP contribution in [-0.4, -0.2) is 60.1 Å². The first-order valence-corrected chi connectivity index (χ1v) is 9.91. The number of pyridine rings is 1. The van der Waals surface area contributed by atoms with Crippen LogP contribution in [0.4, 0.5) is 20.6 Å². The number of carbonyl (C=O) groups excluding carboxylic acids is 1. The molecule has 2 aliphatic heterocycles. The van der Waals surface area contributed by atoms with E-state index in [1.165, 1.54) is 11.6 Å². The van der Waals surface area contributed by atoms with E-state index in [2.05, 4.69) is 20.1 Å². The molecule has 1 aromatic heterocycles. The van der Waals surface area contributed by atoms with Gasteiger partial charge in [-0.1, -0.05) is 0 Å². The fourth-order valence-electron chi connectivity index (χ4n) is 3.86. The van der Waals surface area contributed by atoms with Crippen LogP contribution in [0.2, 0.25) is 0 Å². The number of amides is 2. The molecule has 1 aromatic carbocycles. The number of urea groups is 1. The minimum Gasteiger partial charge on any atom is -0.369 e. The van der Waals surface area contributed by atoms with Crippen LogP contribution in [0.25, 0.3) is 0 Å². The molecule has 28 heavy (non-hydrogen) atoms. The fraction of sp³-hybridized carbons (Fsp3) is 0.429. The van der Waals surface area contributed by atoms with Crippen LogP contribution in [0.1, 0.15) is 18.4 Å². The number of benzene rings is 1. The molecule has 2 aliphatic rings. The summed E-state index contributed by atoms with van der Waals surface area (Å²) in [4.78, 5) is 22.7. The van der Waals surface area contributed by atoms with Crippen LogP contribution in [0.3, 0.4) is 0 Å². The highest BCUT2D eigenvalue weighted by Gasteiger charge is 2.22. The third-order valence-electron chi connectivity index (χ3n) is 5.46. The lowest BCUT2D eigenvalue weighted by Crippen LogP contribution is -2.49. The lowest BCUT2D eigenvalue weighted by atomic mass is 10.2. The van der Waals surface area contributed by atoms with Gasteiger partial charge in [-0.25, -0.2) is 9.18 Å². The van der Waals surface area contributed by atoms with Crippen molar-refractivity contribution in [1.82, 2.24) is 14.8 Å². The lowest BCUT2D eigenvalue weighted by Gasteiger charge is -2.34. The molecule has 0 spiro atoms. The summed E-state index contributed by atoms with van der Waals surface area (Å²) in [5.74, 6) is -0.276. The molecule has 0 aliphatic carbocycles. The van der Waals surface area contributed by atoms with E-state index >= 15 is 0 Å². The van der Waals surface area contributed by atoms with Gasteiger partial charge in [0.05, 0.1) is 5.69 Å². The zero-order valence-corrected chi connectivity index (χ0v) is 16.0. The largest absolute Gasteiger partial charge is 0.369 e. The van der Waals surface area contributed by atoms with Gasteiger partial charge in [0, 0.05) is 63.9 Å². The van der Waals surface area contributed by atoms with Gasteiger partial charge in [-0.15, -0.1) is 0 Å². The quantitative estimate of drug-likeness (QED) is 0.881. The molecular formula is C21H26FN5O. The Kier molecular flexibility index (Phi) is 5.71. The highest BCUT2D eigenvalue weighted by atomic mass is 19.1. The summed E-state index contributed by atoms with van der Waals surface area (Å²) in [5, 5.41) is 2.84. The van der Waals surface area contributed by atoms with Crippen LogP contribution in [0.15, 0.2) is 42.7 Å². The van der Waals surface area contributed by atoms with E-state index < -0.39 is 0 Å². The second kappa shape index (κ2) is 8.56. The zero-order valence-electron chi connectivity index (χ0n) is 16.0.